The van der Waals surface area contributed by atoms with Gasteiger partial charge in [0.2, 0.25) is 0 Å². The smallest absolute Gasteiger partial charge is 0.162 e. The van der Waals surface area contributed by atoms with Gasteiger partial charge in [-0.25, -0.2) is 9.37 Å². The van der Waals surface area contributed by atoms with Gasteiger partial charge in [0.1, 0.15) is 33.8 Å². The number of hydrogen-bond acceptors (Lipinski definition) is 12. The predicted octanol–water partition coefficient (Wildman–Crippen LogP) is 35.5. The van der Waals surface area contributed by atoms with Gasteiger partial charge in [-0.15, -0.1) is 11.3 Å². The summed E-state index contributed by atoms with van der Waals surface area (Å²) < 4.78 is 34.7. The average Bonchev–Trinajstić information content (AvgIpc) is 1.58. The molecule has 11 nitrogen and oxygen atoms in total. The van der Waals surface area contributed by atoms with Gasteiger partial charge >= 0.3 is 0 Å². The van der Waals surface area contributed by atoms with Crippen LogP contribution in [0.3, 0.4) is 0 Å². The quantitative estimate of drug-likeness (QED) is 0.0906. The minimum atomic E-state index is -0.357. The van der Waals surface area contributed by atoms with Crippen LogP contribution >= 0.6 is 11.3 Å². The maximum atomic E-state index is 13.7. The third kappa shape index (κ3) is 14.9. The summed E-state index contributed by atoms with van der Waals surface area (Å²) >= 11 is 1.84. The van der Waals surface area contributed by atoms with E-state index < -0.39 is 0 Å². The Hall–Kier alpha value is -18.8. The van der Waals surface area contributed by atoms with Crippen LogP contribution < -0.4 is 9.64 Å². The molecular formula is C130H81FN8O3S. The van der Waals surface area contributed by atoms with Gasteiger partial charge in [0.05, 0.1) is 56.8 Å². The van der Waals surface area contributed by atoms with E-state index in [2.05, 4.69) is 354 Å². The molecule has 0 aliphatic carbocycles. The highest BCUT2D eigenvalue weighted by Crippen LogP contribution is 2.54. The first-order chi connectivity index (χ1) is 70.8. The zero-order valence-corrected chi connectivity index (χ0v) is 77.9. The number of methoxy groups -OCH3 is 1. The molecule has 13 heteroatoms. The predicted molar refractivity (Wildman–Crippen MR) is 592 cm³/mol. The molecule has 0 fully saturated rings. The molecule has 10 aromatic heterocycles. The molecule has 29 rings (SSSR count). The molecule has 0 saturated heterocycles. The Labute approximate surface area is 823 Å². The number of pyridine rings is 7. The molecule has 0 aliphatic rings. The summed E-state index contributed by atoms with van der Waals surface area (Å²) in [5, 5.41) is 21.2. The van der Waals surface area contributed by atoms with Gasteiger partial charge in [-0.3, -0.25) is 29.9 Å². The lowest BCUT2D eigenvalue weighted by molar-refractivity contribution is 0.415. The van der Waals surface area contributed by atoms with Crippen LogP contribution in [0.1, 0.15) is 0 Å². The summed E-state index contributed by atoms with van der Waals surface area (Å²) in [5.41, 5.74) is 28.8. The van der Waals surface area contributed by atoms with Gasteiger partial charge in [-0.2, -0.15) is 0 Å². The van der Waals surface area contributed by atoms with Crippen LogP contribution in [0.15, 0.2) is 483 Å². The van der Waals surface area contributed by atoms with Gasteiger partial charge in [0.15, 0.2) is 5.58 Å². The Morgan fingerprint density at radius 2 is 0.783 bits per heavy atom. The summed E-state index contributed by atoms with van der Waals surface area (Å²) in [4.78, 5) is 35.2. The molecule has 0 spiro atoms. The van der Waals surface area contributed by atoms with E-state index in [1.54, 1.807) is 13.3 Å². The van der Waals surface area contributed by atoms with E-state index >= 15 is 0 Å². The van der Waals surface area contributed by atoms with Crippen LogP contribution in [0.4, 0.5) is 21.5 Å². The molecule has 0 atom stereocenters. The number of fused-ring (bicyclic) bond motifs is 23. The molecule has 0 radical (unpaired) electrons. The highest BCUT2D eigenvalue weighted by atomic mass is 32.1. The highest BCUT2D eigenvalue weighted by molar-refractivity contribution is 7.26. The molecule has 10 heterocycles. The van der Waals surface area contributed by atoms with Gasteiger partial charge in [0, 0.05) is 151 Å². The summed E-state index contributed by atoms with van der Waals surface area (Å²) in [7, 11) is 1.70. The second kappa shape index (κ2) is 35.9. The molecule has 672 valence electrons. The van der Waals surface area contributed by atoms with Gasteiger partial charge < -0.3 is 18.5 Å². The van der Waals surface area contributed by atoms with Crippen LogP contribution in [0.25, 0.3) is 251 Å². The maximum Gasteiger partial charge on any atom is 0.162 e. The highest BCUT2D eigenvalue weighted by Gasteiger charge is 2.29. The van der Waals surface area contributed by atoms with Crippen molar-refractivity contribution in [2.75, 3.05) is 12.0 Å². The summed E-state index contributed by atoms with van der Waals surface area (Å²) in [6, 6.07) is 150. The third-order valence-electron chi connectivity index (χ3n) is 27.4. The van der Waals surface area contributed by atoms with Crippen LogP contribution in [0.5, 0.6) is 5.75 Å². The number of nitrogens with zero attached hydrogens (tertiary/aromatic N) is 8. The lowest BCUT2D eigenvalue weighted by Crippen LogP contribution is -2.10. The summed E-state index contributed by atoms with van der Waals surface area (Å²) in [6.07, 6.45) is 12.3. The number of furan rings is 2. The number of halogens is 1. The van der Waals surface area contributed by atoms with Crippen LogP contribution in [-0.2, 0) is 0 Å². The zero-order valence-electron chi connectivity index (χ0n) is 77.1. The lowest BCUT2D eigenvalue weighted by Gasteiger charge is -2.27. The third-order valence-corrected chi connectivity index (χ3v) is 28.6. The maximum absolute atomic E-state index is 13.7. The van der Waals surface area contributed by atoms with E-state index in [0.717, 1.165) is 193 Å². The fourth-order valence-corrected chi connectivity index (χ4v) is 22.3. The number of rotatable bonds is 11. The van der Waals surface area contributed by atoms with Crippen molar-refractivity contribution in [3.63, 3.8) is 0 Å². The molecule has 19 aromatic carbocycles. The van der Waals surface area contributed by atoms with Crippen molar-refractivity contribution < 1.29 is 18.0 Å². The van der Waals surface area contributed by atoms with Crippen LogP contribution in [-0.4, -0.2) is 42.0 Å². The zero-order chi connectivity index (χ0) is 95.0. The lowest BCUT2D eigenvalue weighted by atomic mass is 9.86. The van der Waals surface area contributed by atoms with Gasteiger partial charge in [-0.05, 0) is 198 Å². The number of benzene rings is 19. The number of ether oxygens (including phenoxy) is 1. The van der Waals surface area contributed by atoms with Crippen molar-refractivity contribution in [2.45, 2.75) is 0 Å². The van der Waals surface area contributed by atoms with Gasteiger partial charge in [-0.1, -0.05) is 315 Å². The van der Waals surface area contributed by atoms with Gasteiger partial charge in [0.25, 0.3) is 0 Å². The second-order valence-corrected chi connectivity index (χ2v) is 36.7. The second-order valence-electron chi connectivity index (χ2n) is 35.6. The van der Waals surface area contributed by atoms with Crippen molar-refractivity contribution in [3.05, 3.63) is 480 Å². The Kier molecular flexibility index (Phi) is 21.3. The molecule has 143 heavy (non-hydrogen) atoms. The van der Waals surface area contributed by atoms with E-state index in [-0.39, 0.29) is 5.82 Å². The Morgan fingerprint density at radius 1 is 0.273 bits per heavy atom. The van der Waals surface area contributed by atoms with Crippen LogP contribution in [0.2, 0.25) is 0 Å². The normalized spacial score (nSPS) is 11.6. The fraction of sp³-hybridized carbons (Fsp3) is 0.00769. The van der Waals surface area contributed by atoms with Crippen LogP contribution in [0, 0.1) is 5.82 Å². The van der Waals surface area contributed by atoms with Crippen molar-refractivity contribution in [1.29, 1.82) is 0 Å². The largest absolute Gasteiger partial charge is 0.497 e. The fourth-order valence-electron chi connectivity index (χ4n) is 21.1. The SMILES string of the molecule is COc1ccc(-c2c(-c3ccc4ccccc4c3)c3cccnc3c3nc4ccccc4cc23)cc1.Fc1cnc2c(c1)cc(-c1cncc3ccccc13)c1cccnc12.c1ccc(-c2c(-c3ccc(N(c4ccccc4)c4cccc5ccccc45)cc3)c3c4ccccc4sc3c3ncccc23)cc1.c1ccc(-c2c(-c3cccc4c3oc3ccccc34)c3c4ccccc4oc3c3ncccc23)cc1. The Balaban J connectivity index is 0.0000000994. The molecule has 0 unspecified atom stereocenters. The first kappa shape index (κ1) is 84.7. The standard InChI is InChI=1S/C43H28N2S.C33H22N2O.C33H19NO2.C21H12FN3/c1-3-14-30(15-4-1)39-36-21-12-28-44-42(36)43-41(35-20-9-10-23-38(35)46-43)40(39)31-24-26-33(27-25-31)45(32-17-5-2-6-18-32)37-22-11-16-29-13-7-8-19-34(29)37;1-36-26-16-14-22(15-17-26)30-28-20-24-9-4-5-11-29(24)35-33(28)32-27(10-6-18-34-32)31(30)25-13-12-21-7-2-3-8-23(21)19-25;1-2-10-20(11-3-1)28-24-16-9-19-34-31(24)33-30(23-13-5-7-18-27(23)36-33)29(28)25-15-8-14-22-21-12-4-6-17-26(21)35-32(22)25;22-15-8-14-9-18(17-6-3-7-24-21(17)20(14)25-11-15)19-12-23-10-13-4-1-2-5-16(13)19/h1-28H;2-20H,1H3;1-19H;1-12H. The molecule has 0 bridgehead atoms. The van der Waals surface area contributed by atoms with E-state index in [9.17, 15) is 4.39 Å². The Morgan fingerprint density at radius 3 is 1.52 bits per heavy atom. The number of hydrogen-bond donors (Lipinski definition) is 0. The first-order valence-corrected chi connectivity index (χ1v) is 48.4. The van der Waals surface area contributed by atoms with Crippen molar-refractivity contribution in [1.82, 2.24) is 34.9 Å². The number of aromatic nitrogens is 7. The van der Waals surface area contributed by atoms with E-state index in [0.29, 0.717) is 5.52 Å². The molecule has 0 amide bonds. The molecule has 29 aromatic rings. The van der Waals surface area contributed by atoms with E-state index in [1.165, 1.54) is 87.2 Å². The number of para-hydroxylation sites is 5. The first-order valence-electron chi connectivity index (χ1n) is 47.6. The van der Waals surface area contributed by atoms with Crippen molar-refractivity contribution in [2.24, 2.45) is 0 Å². The molecule has 0 N–H and O–H groups in total. The van der Waals surface area contributed by atoms with E-state index in [1.807, 2.05) is 133 Å². The average molecular weight is 1850 g/mol. The number of anilines is 3. The minimum absolute atomic E-state index is 0.357. The summed E-state index contributed by atoms with van der Waals surface area (Å²) in [5.74, 6) is 0.478. The Bertz CT molecular complexity index is 10100. The monoisotopic (exact) mass is 1850 g/mol. The molecular weight excluding hydrogens is 1770 g/mol. The molecule has 0 saturated carbocycles. The van der Waals surface area contributed by atoms with E-state index in [4.69, 9.17) is 33.5 Å². The van der Waals surface area contributed by atoms with Crippen molar-refractivity contribution in [3.8, 4) is 83.6 Å². The number of thiophene rings is 1. The van der Waals surface area contributed by atoms with Crippen molar-refractivity contribution >= 4 is 201 Å². The topological polar surface area (TPSA) is 129 Å². The minimum Gasteiger partial charge on any atom is -0.497 e. The molecule has 0 aliphatic heterocycles. The summed E-state index contributed by atoms with van der Waals surface area (Å²) in [6.45, 7) is 0.